The maximum Gasteiger partial charge on any atom is 0.416 e. The number of hydrogen-bond acceptors (Lipinski definition) is 4. The molecule has 136 valence electrons. The highest BCUT2D eigenvalue weighted by Crippen LogP contribution is 2.48. The van der Waals surface area contributed by atoms with Crippen molar-refractivity contribution in [2.24, 2.45) is 0 Å². The topological polar surface area (TPSA) is 44.8 Å². The van der Waals surface area contributed by atoms with Crippen LogP contribution in [0.1, 0.15) is 5.56 Å². The fraction of sp³-hybridized carbons (Fsp3) is 0.200. The first-order chi connectivity index (χ1) is 11.6. The summed E-state index contributed by atoms with van der Waals surface area (Å²) in [5, 5.41) is -0.0504. The molecule has 4 nitrogen and oxygen atoms in total. The van der Waals surface area contributed by atoms with Crippen molar-refractivity contribution in [3.8, 4) is 11.5 Å². The van der Waals surface area contributed by atoms with E-state index >= 15 is 0 Å². The predicted molar refractivity (Wildman–Crippen MR) is 89.2 cm³/mol. The number of alkyl halides is 3. The molecule has 0 amide bonds. The summed E-state index contributed by atoms with van der Waals surface area (Å²) in [6.45, 7) is 0. The van der Waals surface area contributed by atoms with E-state index in [2.05, 4.69) is 0 Å². The SMILES string of the molecule is COP(=O)(OC)c1cc(Oc2ccc(C(F)(F)F)cc2Cl)ccc1Cl. The van der Waals surface area contributed by atoms with Gasteiger partial charge in [0.2, 0.25) is 0 Å². The molecule has 0 radical (unpaired) electrons. The van der Waals surface area contributed by atoms with E-state index in [1.165, 1.54) is 32.4 Å². The van der Waals surface area contributed by atoms with Crippen molar-refractivity contribution in [2.75, 3.05) is 14.2 Å². The van der Waals surface area contributed by atoms with E-state index in [0.717, 1.165) is 18.2 Å². The summed E-state index contributed by atoms with van der Waals surface area (Å²) in [7, 11) is -1.25. The second-order valence-corrected chi connectivity index (χ2v) is 7.74. The van der Waals surface area contributed by atoms with Crippen molar-refractivity contribution in [3.05, 3.63) is 52.0 Å². The lowest BCUT2D eigenvalue weighted by Gasteiger charge is -2.16. The van der Waals surface area contributed by atoms with Crippen LogP contribution in [0.3, 0.4) is 0 Å². The van der Waals surface area contributed by atoms with E-state index in [1.807, 2.05) is 0 Å². The lowest BCUT2D eigenvalue weighted by atomic mass is 10.2. The highest BCUT2D eigenvalue weighted by molar-refractivity contribution is 7.62. The third-order valence-corrected chi connectivity index (χ3v) is 5.86. The van der Waals surface area contributed by atoms with Crippen molar-refractivity contribution in [3.63, 3.8) is 0 Å². The summed E-state index contributed by atoms with van der Waals surface area (Å²) < 4.78 is 65.7. The Balaban J connectivity index is 2.37. The highest BCUT2D eigenvalue weighted by Gasteiger charge is 2.31. The summed E-state index contributed by atoms with van der Waals surface area (Å²) in [5.41, 5.74) is -0.898. The van der Waals surface area contributed by atoms with Crippen LogP contribution >= 0.6 is 30.8 Å². The Kier molecular flexibility index (Phi) is 6.07. The van der Waals surface area contributed by atoms with Gasteiger partial charge < -0.3 is 13.8 Å². The monoisotopic (exact) mass is 414 g/mol. The molecule has 2 aromatic rings. The van der Waals surface area contributed by atoms with Crippen LogP contribution < -0.4 is 10.0 Å². The lowest BCUT2D eigenvalue weighted by molar-refractivity contribution is -0.137. The Morgan fingerprint density at radius 1 is 0.960 bits per heavy atom. The molecule has 2 aromatic carbocycles. The van der Waals surface area contributed by atoms with Crippen LogP contribution in [0.25, 0.3) is 0 Å². The molecule has 10 heteroatoms. The summed E-state index contributed by atoms with van der Waals surface area (Å²) in [6.07, 6.45) is -4.51. The molecule has 0 aliphatic rings. The minimum absolute atomic E-state index is 0.00685. The second kappa shape index (κ2) is 7.56. The molecule has 2 rings (SSSR count). The van der Waals surface area contributed by atoms with Crippen LogP contribution in [0, 0.1) is 0 Å². The molecular formula is C15H12Cl2F3O4P. The zero-order valence-electron chi connectivity index (χ0n) is 12.9. The number of hydrogen-bond donors (Lipinski definition) is 0. The van der Waals surface area contributed by atoms with Crippen LogP contribution in [0.4, 0.5) is 13.2 Å². The van der Waals surface area contributed by atoms with E-state index in [1.54, 1.807) is 0 Å². The molecule has 0 aliphatic heterocycles. The van der Waals surface area contributed by atoms with Gasteiger partial charge in [0, 0.05) is 14.2 Å². The minimum Gasteiger partial charge on any atom is -0.456 e. The Morgan fingerprint density at radius 2 is 1.60 bits per heavy atom. The van der Waals surface area contributed by atoms with Gasteiger partial charge in [-0.05, 0) is 36.4 Å². The van der Waals surface area contributed by atoms with E-state index in [-0.39, 0.29) is 26.8 Å². The van der Waals surface area contributed by atoms with Gasteiger partial charge in [0.25, 0.3) is 0 Å². The fourth-order valence-electron chi connectivity index (χ4n) is 1.92. The number of benzene rings is 2. The number of rotatable bonds is 5. The lowest BCUT2D eigenvalue weighted by Crippen LogP contribution is -2.09. The molecular weight excluding hydrogens is 403 g/mol. The largest absolute Gasteiger partial charge is 0.456 e. The molecule has 0 saturated carbocycles. The maximum absolute atomic E-state index is 12.7. The Morgan fingerprint density at radius 3 is 2.12 bits per heavy atom. The van der Waals surface area contributed by atoms with Gasteiger partial charge in [-0.2, -0.15) is 13.2 Å². The summed E-state index contributed by atoms with van der Waals surface area (Å²) in [4.78, 5) is 0. The first kappa shape index (κ1) is 20.1. The molecule has 0 saturated heterocycles. The molecule has 0 unspecified atom stereocenters. The molecule has 0 fully saturated rings. The van der Waals surface area contributed by atoms with Gasteiger partial charge in [-0.3, -0.25) is 4.57 Å². The maximum atomic E-state index is 12.7. The van der Waals surface area contributed by atoms with Crippen molar-refractivity contribution in [1.82, 2.24) is 0 Å². The van der Waals surface area contributed by atoms with Crippen LogP contribution in [-0.4, -0.2) is 14.2 Å². The standard InChI is InChI=1S/C15H12Cl2F3O4P/c1-22-25(21,23-2)14-8-10(4-5-11(14)16)24-13-6-3-9(7-12(13)17)15(18,19)20/h3-8H,1-2H3. The quantitative estimate of drug-likeness (QED) is 0.570. The number of halogens is 5. The third kappa shape index (κ3) is 4.49. The Bertz CT molecular complexity index is 819. The smallest absolute Gasteiger partial charge is 0.416 e. The second-order valence-electron chi connectivity index (χ2n) is 4.72. The normalized spacial score (nSPS) is 12.3. The Hall–Kier alpha value is -1.24. The van der Waals surface area contributed by atoms with E-state index < -0.39 is 19.3 Å². The number of ether oxygens (including phenoxy) is 1. The molecule has 25 heavy (non-hydrogen) atoms. The van der Waals surface area contributed by atoms with Gasteiger partial charge >= 0.3 is 13.8 Å². The molecule has 0 N–H and O–H groups in total. The van der Waals surface area contributed by atoms with Crippen LogP contribution in [-0.2, 0) is 19.8 Å². The van der Waals surface area contributed by atoms with Gasteiger partial charge in [0.15, 0.2) is 0 Å². The fourth-order valence-corrected chi connectivity index (χ4v) is 3.74. The minimum atomic E-state index is -4.51. The molecule has 0 bridgehead atoms. The zero-order chi connectivity index (χ0) is 18.8. The van der Waals surface area contributed by atoms with Crippen LogP contribution in [0.5, 0.6) is 11.5 Å². The average molecular weight is 415 g/mol. The third-order valence-electron chi connectivity index (χ3n) is 3.18. The van der Waals surface area contributed by atoms with Gasteiger partial charge in [-0.15, -0.1) is 0 Å². The van der Waals surface area contributed by atoms with Crippen molar-refractivity contribution in [2.45, 2.75) is 6.18 Å². The molecule has 0 aliphatic carbocycles. The van der Waals surface area contributed by atoms with Gasteiger partial charge in [-0.1, -0.05) is 23.2 Å². The summed E-state index contributed by atoms with van der Waals surface area (Å²) >= 11 is 11.9. The molecule has 0 atom stereocenters. The van der Waals surface area contributed by atoms with Crippen molar-refractivity contribution < 1.29 is 31.5 Å². The predicted octanol–water partition coefficient (Wildman–Crippen LogP) is 5.92. The summed E-state index contributed by atoms with van der Waals surface area (Å²) in [6, 6.07) is 6.83. The Labute approximate surface area is 151 Å². The van der Waals surface area contributed by atoms with E-state index in [0.29, 0.717) is 0 Å². The highest BCUT2D eigenvalue weighted by atomic mass is 35.5. The van der Waals surface area contributed by atoms with Gasteiger partial charge in [0.1, 0.15) is 11.5 Å². The van der Waals surface area contributed by atoms with E-state index in [9.17, 15) is 17.7 Å². The van der Waals surface area contributed by atoms with Crippen LogP contribution in [0.2, 0.25) is 10.0 Å². The van der Waals surface area contributed by atoms with Gasteiger partial charge in [0.05, 0.1) is 20.9 Å². The summed E-state index contributed by atoms with van der Waals surface area (Å²) in [5.74, 6) is 0.142. The van der Waals surface area contributed by atoms with Crippen molar-refractivity contribution >= 4 is 36.1 Å². The first-order valence-electron chi connectivity index (χ1n) is 6.67. The zero-order valence-corrected chi connectivity index (χ0v) is 15.3. The molecule has 0 aromatic heterocycles. The average Bonchev–Trinajstić information content (AvgIpc) is 2.56. The van der Waals surface area contributed by atoms with E-state index in [4.69, 9.17) is 37.0 Å². The molecule has 0 heterocycles. The molecule has 0 spiro atoms. The van der Waals surface area contributed by atoms with Crippen LogP contribution in [0.15, 0.2) is 36.4 Å². The van der Waals surface area contributed by atoms with Crippen molar-refractivity contribution in [1.29, 1.82) is 0 Å². The van der Waals surface area contributed by atoms with Gasteiger partial charge in [-0.25, -0.2) is 0 Å². The first-order valence-corrected chi connectivity index (χ1v) is 8.97.